The molecule has 0 radical (unpaired) electrons. The number of hydrogen-bond acceptors (Lipinski definition) is 8. The first kappa shape index (κ1) is 33.7. The summed E-state index contributed by atoms with van der Waals surface area (Å²) in [4.78, 5) is 65.3. The van der Waals surface area contributed by atoms with E-state index < -0.39 is 60.4 Å². The number of guanidine groups is 1. The van der Waals surface area contributed by atoms with Gasteiger partial charge in [0.2, 0.25) is 23.6 Å². The molecule has 0 spiro atoms. The number of nitrogens with zero attached hydrogens (tertiary/aromatic N) is 1. The number of carbonyl (C=O) groups excluding carboxylic acids is 5. The van der Waals surface area contributed by atoms with E-state index in [0.717, 1.165) is 0 Å². The van der Waals surface area contributed by atoms with Gasteiger partial charge in [0.1, 0.15) is 24.4 Å². The van der Waals surface area contributed by atoms with Crippen molar-refractivity contribution >= 4 is 35.9 Å². The first-order valence-electron chi connectivity index (χ1n) is 12.3. The average Bonchev–Trinajstić information content (AvgIpc) is 2.80. The Morgan fingerprint density at radius 1 is 0.919 bits per heavy atom. The van der Waals surface area contributed by atoms with Crippen molar-refractivity contribution in [3.8, 4) is 0 Å². The van der Waals surface area contributed by atoms with E-state index in [2.05, 4.69) is 26.3 Å². The Balaban J connectivity index is 5.23. The third-order valence-corrected chi connectivity index (χ3v) is 5.36. The molecule has 14 nitrogen and oxygen atoms in total. The van der Waals surface area contributed by atoms with E-state index in [1.54, 1.807) is 13.8 Å². The van der Waals surface area contributed by atoms with Gasteiger partial charge in [0.15, 0.2) is 5.96 Å². The minimum Gasteiger partial charge on any atom is -0.391 e. The number of aliphatic hydroxyl groups excluding tert-OH is 1. The van der Waals surface area contributed by atoms with Crippen LogP contribution in [0.1, 0.15) is 53.9 Å². The summed E-state index contributed by atoms with van der Waals surface area (Å²) < 4.78 is 0. The number of aliphatic hydroxyl groups is 1. The van der Waals surface area contributed by atoms with Crippen LogP contribution in [0.2, 0.25) is 0 Å². The zero-order valence-electron chi connectivity index (χ0n) is 22.3. The fourth-order valence-corrected chi connectivity index (χ4v) is 3.12. The number of rotatable bonds is 17. The number of nitrogens with one attached hydrogen (secondary N) is 4. The monoisotopic (exact) mass is 528 g/mol. The van der Waals surface area contributed by atoms with Crippen molar-refractivity contribution in [1.29, 1.82) is 0 Å². The van der Waals surface area contributed by atoms with Crippen LogP contribution in [-0.4, -0.2) is 84.3 Å². The normalized spacial score (nSPS) is 15.1. The molecule has 0 saturated heterocycles. The molecular weight excluding hydrogens is 484 g/mol. The number of amides is 4. The second kappa shape index (κ2) is 17.2. The van der Waals surface area contributed by atoms with Crippen LogP contribution in [0.3, 0.4) is 0 Å². The highest BCUT2D eigenvalue weighted by Gasteiger charge is 2.28. The van der Waals surface area contributed by atoms with Gasteiger partial charge in [-0.25, -0.2) is 0 Å². The number of hydrogen-bond donors (Lipinski definition) is 8. The van der Waals surface area contributed by atoms with Gasteiger partial charge in [0, 0.05) is 6.54 Å². The molecule has 0 unspecified atom stereocenters. The maximum atomic E-state index is 12.7. The molecule has 14 heteroatoms. The van der Waals surface area contributed by atoms with Crippen molar-refractivity contribution in [2.24, 2.45) is 34.0 Å². The molecule has 5 atom stereocenters. The van der Waals surface area contributed by atoms with Crippen molar-refractivity contribution in [3.05, 3.63) is 0 Å². The highest BCUT2D eigenvalue weighted by atomic mass is 16.3. The number of carbonyl (C=O) groups is 5. The van der Waals surface area contributed by atoms with E-state index in [4.69, 9.17) is 17.2 Å². The molecule has 0 aliphatic rings. The summed E-state index contributed by atoms with van der Waals surface area (Å²) in [6.45, 7) is 8.39. The predicted octanol–water partition coefficient (Wildman–Crippen LogP) is -2.78. The summed E-state index contributed by atoms with van der Waals surface area (Å²) in [5.74, 6) is -2.74. The van der Waals surface area contributed by atoms with Crippen molar-refractivity contribution < 1.29 is 29.1 Å². The van der Waals surface area contributed by atoms with Crippen LogP contribution in [0, 0.1) is 11.8 Å². The molecule has 0 saturated carbocycles. The predicted molar refractivity (Wildman–Crippen MR) is 139 cm³/mol. The molecule has 0 aliphatic heterocycles. The molecule has 0 bridgehead atoms. The lowest BCUT2D eigenvalue weighted by Crippen LogP contribution is -2.56. The minimum atomic E-state index is -1.26. The lowest BCUT2D eigenvalue weighted by molar-refractivity contribution is -0.133. The van der Waals surface area contributed by atoms with E-state index >= 15 is 0 Å². The molecule has 0 aromatic rings. The lowest BCUT2D eigenvalue weighted by Gasteiger charge is -2.24. The van der Waals surface area contributed by atoms with Crippen LogP contribution in [-0.2, 0) is 24.0 Å². The fourth-order valence-electron chi connectivity index (χ4n) is 3.12. The second-order valence-corrected chi connectivity index (χ2v) is 9.66. The van der Waals surface area contributed by atoms with Gasteiger partial charge in [-0.05, 0) is 38.0 Å². The maximum absolute atomic E-state index is 12.7. The van der Waals surface area contributed by atoms with Crippen molar-refractivity contribution in [2.75, 3.05) is 13.1 Å². The zero-order valence-corrected chi connectivity index (χ0v) is 22.3. The highest BCUT2D eigenvalue weighted by molar-refractivity contribution is 5.93. The number of nitrogens with two attached hydrogens (primary N) is 3. The molecule has 4 amide bonds. The van der Waals surface area contributed by atoms with Crippen molar-refractivity contribution in [3.63, 3.8) is 0 Å². The third-order valence-electron chi connectivity index (χ3n) is 5.36. The van der Waals surface area contributed by atoms with Gasteiger partial charge in [-0.1, -0.05) is 27.7 Å². The van der Waals surface area contributed by atoms with Crippen LogP contribution in [0.25, 0.3) is 0 Å². The van der Waals surface area contributed by atoms with Gasteiger partial charge in [0.05, 0.1) is 18.7 Å². The molecule has 0 heterocycles. The maximum Gasteiger partial charge on any atom is 0.243 e. The molecule has 212 valence electrons. The van der Waals surface area contributed by atoms with Crippen molar-refractivity contribution in [1.82, 2.24) is 21.3 Å². The Kier molecular flexibility index (Phi) is 15.7. The van der Waals surface area contributed by atoms with E-state index in [-0.39, 0.29) is 30.8 Å². The SMILES string of the molecule is CC(C)C[C@H](NC(=O)CNC(=O)[C@H](CCCN=C(N)N)NC(=O)[C@@H](N)[C@@H](C)O)C(=O)N[C@H](C=O)C(C)C. The molecule has 0 fully saturated rings. The molecule has 0 aromatic heterocycles. The standard InChI is InChI=1S/C23H44N8O6/c1-12(2)9-16(21(36)31-17(11-32)13(3)4)29-18(34)10-28-20(35)15(7-6-8-27-23(25)26)30-22(37)19(24)14(5)33/h11-17,19,33H,6-10,24H2,1-5H3,(H,28,35)(H,29,34)(H,30,37)(H,31,36)(H4,25,26,27)/t14-,15+,16+,17-,19+/m1/s1. The van der Waals surface area contributed by atoms with Gasteiger partial charge >= 0.3 is 0 Å². The summed E-state index contributed by atoms with van der Waals surface area (Å²) in [6, 6.07) is -3.94. The van der Waals surface area contributed by atoms with Crippen molar-refractivity contribution in [2.45, 2.75) is 84.2 Å². The van der Waals surface area contributed by atoms with E-state index in [1.807, 2.05) is 13.8 Å². The first-order chi connectivity index (χ1) is 17.2. The summed E-state index contributed by atoms with van der Waals surface area (Å²) >= 11 is 0. The fraction of sp³-hybridized carbons (Fsp3) is 0.739. The van der Waals surface area contributed by atoms with Gasteiger partial charge in [-0.3, -0.25) is 24.2 Å². The molecule has 37 heavy (non-hydrogen) atoms. The minimum absolute atomic E-state index is 0.0577. The number of aldehydes is 1. The average molecular weight is 529 g/mol. The molecule has 0 aromatic carbocycles. The van der Waals surface area contributed by atoms with Gasteiger partial charge in [-0.15, -0.1) is 0 Å². The van der Waals surface area contributed by atoms with E-state index in [9.17, 15) is 29.1 Å². The summed E-state index contributed by atoms with van der Waals surface area (Å²) in [5.41, 5.74) is 16.2. The smallest absolute Gasteiger partial charge is 0.243 e. The Bertz CT molecular complexity index is 798. The summed E-state index contributed by atoms with van der Waals surface area (Å²) in [7, 11) is 0. The first-order valence-corrected chi connectivity index (χ1v) is 12.3. The zero-order chi connectivity index (χ0) is 28.7. The largest absolute Gasteiger partial charge is 0.391 e. The third kappa shape index (κ3) is 14.2. The van der Waals surface area contributed by atoms with Crippen LogP contribution in [0.15, 0.2) is 4.99 Å². The number of aliphatic imine (C=N–C) groups is 1. The van der Waals surface area contributed by atoms with Gasteiger partial charge < -0.3 is 48.4 Å². The topological polar surface area (TPSA) is 244 Å². The van der Waals surface area contributed by atoms with Crippen LogP contribution in [0.4, 0.5) is 0 Å². The van der Waals surface area contributed by atoms with Crippen LogP contribution < -0.4 is 38.5 Å². The van der Waals surface area contributed by atoms with E-state index in [1.165, 1.54) is 6.92 Å². The Morgan fingerprint density at radius 3 is 2.03 bits per heavy atom. The van der Waals surface area contributed by atoms with Crippen LogP contribution >= 0.6 is 0 Å². The molecule has 0 aliphatic carbocycles. The highest BCUT2D eigenvalue weighted by Crippen LogP contribution is 2.07. The quantitative estimate of drug-likeness (QED) is 0.0420. The second-order valence-electron chi connectivity index (χ2n) is 9.66. The Hall–Kier alpha value is -3.26. The Labute approximate surface area is 217 Å². The summed E-state index contributed by atoms with van der Waals surface area (Å²) in [5, 5.41) is 19.6. The molecular formula is C23H44N8O6. The summed E-state index contributed by atoms with van der Waals surface area (Å²) in [6.07, 6.45) is 0.271. The molecule has 0 rings (SSSR count). The molecule has 11 N–H and O–H groups in total. The van der Waals surface area contributed by atoms with Gasteiger partial charge in [-0.2, -0.15) is 0 Å². The van der Waals surface area contributed by atoms with Gasteiger partial charge in [0.25, 0.3) is 0 Å². The lowest BCUT2D eigenvalue weighted by atomic mass is 10.0. The Morgan fingerprint density at radius 2 is 1.54 bits per heavy atom. The van der Waals surface area contributed by atoms with Crippen LogP contribution in [0.5, 0.6) is 0 Å². The van der Waals surface area contributed by atoms with E-state index in [0.29, 0.717) is 19.1 Å².